The molecule has 1 heterocycles. The second kappa shape index (κ2) is 7.90. The number of aryl methyl sites for hydroxylation is 1. The number of hydrogen-bond donors (Lipinski definition) is 2. The van der Waals surface area contributed by atoms with E-state index >= 15 is 0 Å². The molecule has 0 aromatic carbocycles. The summed E-state index contributed by atoms with van der Waals surface area (Å²) >= 11 is 0. The smallest absolute Gasteiger partial charge is 0.408 e. The van der Waals surface area contributed by atoms with Gasteiger partial charge in [-0.2, -0.15) is 18.3 Å². The Morgan fingerprint density at radius 3 is 2.37 bits per heavy atom. The molecule has 1 aromatic heterocycles. The van der Waals surface area contributed by atoms with E-state index in [1.54, 1.807) is 13.8 Å². The Morgan fingerprint density at radius 1 is 1.26 bits per heavy atom. The van der Waals surface area contributed by atoms with Crippen molar-refractivity contribution in [3.8, 4) is 0 Å². The Kier molecular flexibility index (Phi) is 6.21. The first-order valence-corrected chi connectivity index (χ1v) is 9.08. The minimum Gasteiger partial charge on any atom is -0.481 e. The minimum atomic E-state index is -4.40. The summed E-state index contributed by atoms with van der Waals surface area (Å²) in [5.74, 6) is -2.04. The summed E-state index contributed by atoms with van der Waals surface area (Å²) in [5.41, 5.74) is 0.144. The Bertz CT molecular complexity index is 707. The van der Waals surface area contributed by atoms with Crippen molar-refractivity contribution in [2.45, 2.75) is 71.5 Å². The number of rotatable bonds is 6. The average molecular weight is 389 g/mol. The van der Waals surface area contributed by atoms with Crippen LogP contribution in [0.25, 0.3) is 0 Å². The zero-order valence-electron chi connectivity index (χ0n) is 15.8. The summed E-state index contributed by atoms with van der Waals surface area (Å²) in [7, 11) is 0. The molecule has 1 atom stereocenters. The van der Waals surface area contributed by atoms with Crippen LogP contribution in [-0.2, 0) is 16.1 Å². The van der Waals surface area contributed by atoms with Gasteiger partial charge in [0.25, 0.3) is 0 Å². The first kappa shape index (κ1) is 21.2. The number of hydrogen-bond acceptors (Lipinski definition) is 3. The summed E-state index contributed by atoms with van der Waals surface area (Å²) in [4.78, 5) is 24.3. The van der Waals surface area contributed by atoms with Crippen molar-refractivity contribution in [2.75, 3.05) is 6.54 Å². The molecule has 9 heteroatoms. The molecule has 6 nitrogen and oxygen atoms in total. The van der Waals surface area contributed by atoms with E-state index in [2.05, 4.69) is 10.4 Å². The molecule has 27 heavy (non-hydrogen) atoms. The maximum Gasteiger partial charge on any atom is 0.408 e. The molecule has 0 spiro atoms. The van der Waals surface area contributed by atoms with Crippen LogP contribution in [0.2, 0.25) is 0 Å². The molecule has 1 aliphatic carbocycles. The Morgan fingerprint density at radius 2 is 1.85 bits per heavy atom. The van der Waals surface area contributed by atoms with Gasteiger partial charge in [0.05, 0.1) is 17.0 Å². The standard InChI is InChI=1S/C18H26F3N3O3/c1-11(14-12(2)23-24(13(14)3)10-18(19,20)21)15(25)22-9-17(16(26)27)7-5-4-6-8-17/h11H,4-10H2,1-3H3,(H,22,25)(H,26,27). The van der Waals surface area contributed by atoms with Crippen LogP contribution in [0.3, 0.4) is 0 Å². The fourth-order valence-corrected chi connectivity index (χ4v) is 3.90. The molecule has 2 N–H and O–H groups in total. The van der Waals surface area contributed by atoms with Crippen LogP contribution in [0.4, 0.5) is 13.2 Å². The highest BCUT2D eigenvalue weighted by molar-refractivity contribution is 5.84. The van der Waals surface area contributed by atoms with E-state index in [-0.39, 0.29) is 12.2 Å². The predicted octanol–water partition coefficient (Wildman–Crippen LogP) is 3.32. The van der Waals surface area contributed by atoms with Gasteiger partial charge in [0.2, 0.25) is 5.91 Å². The molecule has 1 fully saturated rings. The number of aromatic nitrogens is 2. The van der Waals surface area contributed by atoms with E-state index in [0.29, 0.717) is 24.1 Å². The molecule has 0 saturated heterocycles. The molecule has 1 aromatic rings. The lowest BCUT2D eigenvalue weighted by atomic mass is 9.74. The number of carboxylic acids is 1. The summed E-state index contributed by atoms with van der Waals surface area (Å²) in [6.45, 7) is 3.48. The van der Waals surface area contributed by atoms with Gasteiger partial charge in [0.1, 0.15) is 6.54 Å². The predicted molar refractivity (Wildman–Crippen MR) is 92.3 cm³/mol. The van der Waals surface area contributed by atoms with E-state index in [1.165, 1.54) is 6.92 Å². The van der Waals surface area contributed by atoms with Crippen LogP contribution in [0.15, 0.2) is 0 Å². The van der Waals surface area contributed by atoms with Gasteiger partial charge >= 0.3 is 12.1 Å². The van der Waals surface area contributed by atoms with Crippen LogP contribution >= 0.6 is 0 Å². The van der Waals surface area contributed by atoms with Gasteiger partial charge in [-0.3, -0.25) is 14.3 Å². The molecule has 1 aliphatic rings. The van der Waals surface area contributed by atoms with Crippen molar-refractivity contribution in [1.82, 2.24) is 15.1 Å². The molecule has 152 valence electrons. The van der Waals surface area contributed by atoms with Crippen LogP contribution in [0, 0.1) is 19.3 Å². The lowest BCUT2D eigenvalue weighted by Gasteiger charge is -2.33. The van der Waals surface area contributed by atoms with Crippen molar-refractivity contribution < 1.29 is 27.9 Å². The topological polar surface area (TPSA) is 84.2 Å². The number of carbonyl (C=O) groups is 2. The van der Waals surface area contributed by atoms with Gasteiger partial charge in [-0.25, -0.2) is 0 Å². The number of alkyl halides is 3. The summed E-state index contributed by atoms with van der Waals surface area (Å²) < 4.78 is 38.9. The summed E-state index contributed by atoms with van der Waals surface area (Å²) in [6, 6.07) is 0. The van der Waals surface area contributed by atoms with E-state index in [9.17, 15) is 27.9 Å². The highest BCUT2D eigenvalue weighted by Crippen LogP contribution is 2.36. The number of amides is 1. The second-order valence-corrected chi connectivity index (χ2v) is 7.44. The monoisotopic (exact) mass is 389 g/mol. The Balaban J connectivity index is 2.12. The van der Waals surface area contributed by atoms with Gasteiger partial charge in [-0.1, -0.05) is 19.3 Å². The van der Waals surface area contributed by atoms with Crippen molar-refractivity contribution in [3.63, 3.8) is 0 Å². The van der Waals surface area contributed by atoms with E-state index < -0.39 is 35.9 Å². The third-order valence-corrected chi connectivity index (χ3v) is 5.46. The number of nitrogens with zero attached hydrogens (tertiary/aromatic N) is 2. The fraction of sp³-hybridized carbons (Fsp3) is 0.722. The number of halogens is 3. The number of aliphatic carboxylic acids is 1. The summed E-state index contributed by atoms with van der Waals surface area (Å²) in [5, 5.41) is 16.2. The van der Waals surface area contributed by atoms with Crippen molar-refractivity contribution in [1.29, 1.82) is 0 Å². The summed E-state index contributed by atoms with van der Waals surface area (Å²) in [6.07, 6.45) is -0.783. The van der Waals surface area contributed by atoms with Gasteiger partial charge in [-0.15, -0.1) is 0 Å². The lowest BCUT2D eigenvalue weighted by Crippen LogP contribution is -2.45. The van der Waals surface area contributed by atoms with Gasteiger partial charge in [0.15, 0.2) is 0 Å². The van der Waals surface area contributed by atoms with Gasteiger partial charge < -0.3 is 10.4 Å². The molecular weight excluding hydrogens is 363 g/mol. The molecule has 1 saturated carbocycles. The zero-order valence-corrected chi connectivity index (χ0v) is 15.8. The fourth-order valence-electron chi connectivity index (χ4n) is 3.90. The van der Waals surface area contributed by atoms with Crippen molar-refractivity contribution >= 4 is 11.9 Å². The number of carbonyl (C=O) groups excluding carboxylic acids is 1. The highest BCUT2D eigenvalue weighted by atomic mass is 19.4. The molecule has 0 radical (unpaired) electrons. The van der Waals surface area contributed by atoms with Gasteiger partial charge in [0, 0.05) is 17.8 Å². The van der Waals surface area contributed by atoms with E-state index in [0.717, 1.165) is 23.9 Å². The average Bonchev–Trinajstić information content (AvgIpc) is 2.84. The third kappa shape index (κ3) is 4.81. The zero-order chi connectivity index (χ0) is 20.4. The first-order valence-electron chi connectivity index (χ1n) is 9.08. The largest absolute Gasteiger partial charge is 0.481 e. The molecule has 0 bridgehead atoms. The Labute approximate surface area is 156 Å². The lowest BCUT2D eigenvalue weighted by molar-refractivity contribution is -0.151. The number of carboxylic acid groups (broad SMARTS) is 1. The molecular formula is C18H26F3N3O3. The van der Waals surface area contributed by atoms with Crippen LogP contribution in [0.5, 0.6) is 0 Å². The van der Waals surface area contributed by atoms with Crippen molar-refractivity contribution in [3.05, 3.63) is 17.0 Å². The molecule has 1 amide bonds. The Hall–Kier alpha value is -2.06. The third-order valence-electron chi connectivity index (χ3n) is 5.46. The molecule has 1 unspecified atom stereocenters. The first-order chi connectivity index (χ1) is 12.5. The highest BCUT2D eigenvalue weighted by Gasteiger charge is 2.40. The maximum atomic E-state index is 12.7. The number of nitrogens with one attached hydrogen (secondary N) is 1. The van der Waals surface area contributed by atoms with Gasteiger partial charge in [-0.05, 0) is 33.6 Å². The van der Waals surface area contributed by atoms with Crippen LogP contribution in [-0.4, -0.2) is 39.5 Å². The molecule has 2 rings (SSSR count). The van der Waals surface area contributed by atoms with Crippen LogP contribution < -0.4 is 5.32 Å². The minimum absolute atomic E-state index is 0.0281. The second-order valence-electron chi connectivity index (χ2n) is 7.44. The van der Waals surface area contributed by atoms with E-state index in [1.807, 2.05) is 0 Å². The molecule has 0 aliphatic heterocycles. The van der Waals surface area contributed by atoms with E-state index in [4.69, 9.17) is 0 Å². The van der Waals surface area contributed by atoms with Crippen molar-refractivity contribution in [2.24, 2.45) is 5.41 Å². The maximum absolute atomic E-state index is 12.7. The SMILES string of the molecule is Cc1nn(CC(F)(F)F)c(C)c1C(C)C(=O)NCC1(C(=O)O)CCCCC1. The van der Waals surface area contributed by atoms with Crippen LogP contribution in [0.1, 0.15) is 61.9 Å². The quantitative estimate of drug-likeness (QED) is 0.782. The normalized spacial score (nSPS) is 18.1.